The third-order valence-corrected chi connectivity index (χ3v) is 7.19. The molecule has 4 aromatic rings. The lowest BCUT2D eigenvalue weighted by molar-refractivity contribution is -0.129. The Bertz CT molecular complexity index is 1420. The molecule has 0 aliphatic heterocycles. The number of benzene rings is 4. The highest BCUT2D eigenvalue weighted by atomic mass is 16.5. The summed E-state index contributed by atoms with van der Waals surface area (Å²) in [5.41, 5.74) is 8.32. The Morgan fingerprint density at radius 1 is 0.773 bits per heavy atom. The second-order valence-electron chi connectivity index (χ2n) is 10.1. The highest BCUT2D eigenvalue weighted by molar-refractivity contribution is 5.79. The average molecular weight is 599 g/mol. The molecule has 4 aromatic carbocycles. The van der Waals surface area contributed by atoms with Gasteiger partial charge in [-0.2, -0.15) is 0 Å². The molecular weight excluding hydrogens is 560 g/mol. The van der Waals surface area contributed by atoms with E-state index in [9.17, 15) is 14.7 Å². The first-order valence-corrected chi connectivity index (χ1v) is 14.3. The third-order valence-electron chi connectivity index (χ3n) is 7.19. The molecule has 4 rings (SSSR count). The first kappa shape index (κ1) is 32.2. The second kappa shape index (κ2) is 15.7. The summed E-state index contributed by atoms with van der Waals surface area (Å²) in [5, 5.41) is 13.6. The van der Waals surface area contributed by atoms with Gasteiger partial charge in [0, 0.05) is 19.4 Å². The van der Waals surface area contributed by atoms with Gasteiger partial charge in [-0.3, -0.25) is 4.79 Å². The topological polar surface area (TPSA) is 129 Å². The number of Topliss-reactive ketones (excluding diaryl/α,β-unsaturated/α-hetero) is 1. The van der Waals surface area contributed by atoms with E-state index in [1.54, 1.807) is 14.2 Å². The average Bonchev–Trinajstić information content (AvgIpc) is 3.07. The minimum absolute atomic E-state index is 0.00892. The maximum absolute atomic E-state index is 12.7. The van der Waals surface area contributed by atoms with Gasteiger partial charge in [-0.05, 0) is 46.5 Å². The molecule has 0 saturated carbocycles. The van der Waals surface area contributed by atoms with Crippen LogP contribution in [0, 0.1) is 0 Å². The fourth-order valence-corrected chi connectivity index (χ4v) is 4.84. The Kier molecular flexibility index (Phi) is 11.5. The molecule has 0 bridgehead atoms. The highest BCUT2D eigenvalue weighted by Crippen LogP contribution is 2.42. The van der Waals surface area contributed by atoms with Crippen molar-refractivity contribution in [1.82, 2.24) is 5.32 Å². The van der Waals surface area contributed by atoms with Crippen LogP contribution in [0.3, 0.4) is 0 Å². The fraction of sp³-hybridized carbons (Fsp3) is 0.257. The van der Waals surface area contributed by atoms with Crippen LogP contribution in [-0.4, -0.2) is 50.1 Å². The van der Waals surface area contributed by atoms with E-state index in [4.69, 9.17) is 24.7 Å². The molecule has 2 unspecified atom stereocenters. The van der Waals surface area contributed by atoms with Gasteiger partial charge in [0.1, 0.15) is 41.8 Å². The third kappa shape index (κ3) is 8.23. The smallest absolute Gasteiger partial charge is 0.407 e. The van der Waals surface area contributed by atoms with Crippen LogP contribution in [0.4, 0.5) is 4.79 Å². The van der Waals surface area contributed by atoms with E-state index in [1.807, 2.05) is 109 Å². The number of aliphatic hydroxyl groups is 1. The predicted molar refractivity (Wildman–Crippen MR) is 166 cm³/mol. The van der Waals surface area contributed by atoms with Crippen molar-refractivity contribution in [2.45, 2.75) is 37.4 Å². The number of ether oxygens (including phenoxy) is 4. The number of methoxy groups -OCH3 is 2. The first-order chi connectivity index (χ1) is 21.3. The van der Waals surface area contributed by atoms with Crippen molar-refractivity contribution in [3.63, 3.8) is 0 Å². The van der Waals surface area contributed by atoms with Crippen molar-refractivity contribution in [3.8, 4) is 11.5 Å². The number of hydrogen-bond donors (Lipinski definition) is 3. The number of carbonyl (C=O) groups is 2. The summed E-state index contributed by atoms with van der Waals surface area (Å²) in [5.74, 6) is 1.04. The molecule has 0 aliphatic carbocycles. The molecule has 9 nitrogen and oxygen atoms in total. The molecule has 230 valence electrons. The van der Waals surface area contributed by atoms with Gasteiger partial charge in [0.15, 0.2) is 0 Å². The van der Waals surface area contributed by atoms with Gasteiger partial charge >= 0.3 is 6.09 Å². The van der Waals surface area contributed by atoms with Crippen LogP contribution < -0.4 is 20.5 Å². The number of alkyl carbamates (subject to hydrolysis) is 1. The quantitative estimate of drug-likeness (QED) is 0.130. The lowest BCUT2D eigenvalue weighted by Gasteiger charge is -2.39. The van der Waals surface area contributed by atoms with E-state index < -0.39 is 24.0 Å². The number of amides is 1. The van der Waals surface area contributed by atoms with Gasteiger partial charge < -0.3 is 35.1 Å². The zero-order valence-electron chi connectivity index (χ0n) is 24.8. The van der Waals surface area contributed by atoms with Crippen LogP contribution in [0.5, 0.6) is 11.5 Å². The molecule has 0 fully saturated rings. The van der Waals surface area contributed by atoms with Gasteiger partial charge in [0.25, 0.3) is 0 Å². The Labute approximate surface area is 257 Å². The standard InChI is InChI=1S/C35H38N2O7/c1-41-30-17-13-27(14-18-30)35(26-11-7-4-8-12-26,28-15-19-31(42-2)20-16-28)44-33(36)32(39)23-29(38)21-22-37-34(40)43-24-25-9-5-3-6-10-25/h3-20,32-33,39H,21-24,36H2,1-2H3,(H,37,40). The second-order valence-corrected chi connectivity index (χ2v) is 10.1. The SMILES string of the molecule is COc1ccc(C(OC(N)C(O)CC(=O)CCNC(=O)OCc2ccccc2)(c2ccccc2)c2ccc(OC)cc2)cc1. The Balaban J connectivity index is 1.48. The van der Waals surface area contributed by atoms with E-state index in [1.165, 1.54) is 0 Å². The van der Waals surface area contributed by atoms with Crippen LogP contribution in [0.2, 0.25) is 0 Å². The summed E-state index contributed by atoms with van der Waals surface area (Å²) in [6.07, 6.45) is -3.49. The molecule has 2 atom stereocenters. The van der Waals surface area contributed by atoms with Crippen molar-refractivity contribution >= 4 is 11.9 Å². The number of nitrogens with one attached hydrogen (secondary N) is 1. The van der Waals surface area contributed by atoms with Gasteiger partial charge in [0.2, 0.25) is 0 Å². The monoisotopic (exact) mass is 598 g/mol. The number of rotatable bonds is 15. The maximum Gasteiger partial charge on any atom is 0.407 e. The summed E-state index contributed by atoms with van der Waals surface area (Å²) in [7, 11) is 3.18. The van der Waals surface area contributed by atoms with Gasteiger partial charge in [-0.1, -0.05) is 84.9 Å². The van der Waals surface area contributed by atoms with Crippen LogP contribution in [0.15, 0.2) is 109 Å². The van der Waals surface area contributed by atoms with Crippen LogP contribution in [-0.2, 0) is 26.5 Å². The summed E-state index contributed by atoms with van der Waals surface area (Å²) in [6, 6.07) is 33.6. The minimum atomic E-state index is -1.33. The number of hydrogen-bond acceptors (Lipinski definition) is 8. The van der Waals surface area contributed by atoms with E-state index in [-0.39, 0.29) is 31.8 Å². The zero-order valence-corrected chi connectivity index (χ0v) is 24.8. The molecule has 44 heavy (non-hydrogen) atoms. The number of aliphatic hydroxyl groups excluding tert-OH is 1. The summed E-state index contributed by atoms with van der Waals surface area (Å²) in [4.78, 5) is 24.8. The summed E-state index contributed by atoms with van der Waals surface area (Å²) in [6.45, 7) is 0.179. The van der Waals surface area contributed by atoms with Crippen molar-refractivity contribution in [2.24, 2.45) is 5.73 Å². The van der Waals surface area contributed by atoms with Crippen LogP contribution in [0.1, 0.15) is 35.1 Å². The van der Waals surface area contributed by atoms with Crippen molar-refractivity contribution in [3.05, 3.63) is 131 Å². The number of ketones is 1. The largest absolute Gasteiger partial charge is 0.497 e. The Morgan fingerprint density at radius 3 is 1.80 bits per heavy atom. The zero-order chi connectivity index (χ0) is 31.4. The summed E-state index contributed by atoms with van der Waals surface area (Å²) >= 11 is 0. The number of nitrogens with two attached hydrogens (primary N) is 1. The Hall–Kier alpha value is -4.70. The van der Waals surface area contributed by atoms with Crippen molar-refractivity contribution in [1.29, 1.82) is 0 Å². The van der Waals surface area contributed by atoms with Crippen molar-refractivity contribution < 1.29 is 33.6 Å². The molecule has 0 spiro atoms. The van der Waals surface area contributed by atoms with E-state index >= 15 is 0 Å². The molecule has 0 heterocycles. The maximum atomic E-state index is 12.7. The summed E-state index contributed by atoms with van der Waals surface area (Å²) < 4.78 is 22.5. The normalized spacial score (nSPS) is 12.5. The molecule has 1 amide bonds. The van der Waals surface area contributed by atoms with Gasteiger partial charge in [0.05, 0.1) is 14.2 Å². The lowest BCUT2D eigenvalue weighted by atomic mass is 9.79. The van der Waals surface area contributed by atoms with Crippen molar-refractivity contribution in [2.75, 3.05) is 20.8 Å². The number of carbonyl (C=O) groups excluding carboxylic acids is 2. The molecular formula is C35H38N2O7. The highest BCUT2D eigenvalue weighted by Gasteiger charge is 2.41. The molecule has 0 aromatic heterocycles. The van der Waals surface area contributed by atoms with Gasteiger partial charge in [-0.25, -0.2) is 4.79 Å². The minimum Gasteiger partial charge on any atom is -0.497 e. The molecule has 4 N–H and O–H groups in total. The van der Waals surface area contributed by atoms with E-state index in [2.05, 4.69) is 5.32 Å². The van der Waals surface area contributed by atoms with Gasteiger partial charge in [-0.15, -0.1) is 0 Å². The molecule has 0 aliphatic rings. The van der Waals surface area contributed by atoms with Crippen LogP contribution in [0.25, 0.3) is 0 Å². The molecule has 0 radical (unpaired) electrons. The molecule has 0 saturated heterocycles. The van der Waals surface area contributed by atoms with E-state index in [0.717, 1.165) is 22.3 Å². The molecule has 9 heteroatoms. The first-order valence-electron chi connectivity index (χ1n) is 14.3. The lowest BCUT2D eigenvalue weighted by Crippen LogP contribution is -2.46. The van der Waals surface area contributed by atoms with E-state index in [0.29, 0.717) is 11.5 Å². The predicted octanol–water partition coefficient (Wildman–Crippen LogP) is 4.93. The van der Waals surface area contributed by atoms with Crippen LogP contribution >= 0.6 is 0 Å². The Morgan fingerprint density at radius 2 is 1.27 bits per heavy atom. The fourth-order valence-electron chi connectivity index (χ4n) is 4.84.